The molecule has 0 spiro atoms. The van der Waals surface area contributed by atoms with E-state index in [4.69, 9.17) is 9.47 Å². The van der Waals surface area contributed by atoms with Crippen molar-refractivity contribution in [2.45, 2.75) is 32.9 Å². The molecule has 0 saturated carbocycles. The molecule has 0 aliphatic carbocycles. The lowest BCUT2D eigenvalue weighted by atomic mass is 10.0. The molecule has 0 aliphatic rings. The zero-order chi connectivity index (χ0) is 21.1. The number of hydrogen-bond acceptors (Lipinski definition) is 8. The first-order chi connectivity index (χ1) is 13.3. The lowest BCUT2D eigenvalue weighted by molar-refractivity contribution is -0.159. The molecule has 0 heterocycles. The average Bonchev–Trinajstić information content (AvgIpc) is 2.64. The van der Waals surface area contributed by atoms with E-state index in [1.54, 1.807) is 36.1 Å². The molecular weight excluding hydrogens is 368 g/mol. The number of aliphatic hydroxyl groups is 2. The number of esters is 2. The van der Waals surface area contributed by atoms with Crippen LogP contribution in [0.15, 0.2) is 24.3 Å². The Balaban J connectivity index is 3.33. The summed E-state index contributed by atoms with van der Waals surface area (Å²) in [7, 11) is 0. The molecule has 1 aromatic rings. The number of hydrogen-bond donors (Lipinski definition) is 3. The molecule has 0 radical (unpaired) electrons. The van der Waals surface area contributed by atoms with E-state index in [9.17, 15) is 24.6 Å². The number of aliphatic hydroxyl groups excluding tert-OH is 2. The number of benzene rings is 1. The molecule has 28 heavy (non-hydrogen) atoms. The lowest BCUT2D eigenvalue weighted by Crippen LogP contribution is -2.46. The Morgan fingerprint density at radius 1 is 1.14 bits per heavy atom. The molecule has 0 aliphatic heterocycles. The van der Waals surface area contributed by atoms with E-state index in [1.165, 1.54) is 13.8 Å². The molecule has 0 bridgehead atoms. The number of carbonyl (C=O) groups excluding carboxylic acids is 3. The summed E-state index contributed by atoms with van der Waals surface area (Å²) in [5, 5.41) is 21.0. The third-order valence-corrected chi connectivity index (χ3v) is 3.80. The van der Waals surface area contributed by atoms with Crippen LogP contribution in [0.1, 0.15) is 32.4 Å². The van der Waals surface area contributed by atoms with Crippen molar-refractivity contribution in [3.63, 3.8) is 0 Å². The van der Waals surface area contributed by atoms with Gasteiger partial charge in [-0.25, -0.2) is 4.79 Å². The van der Waals surface area contributed by atoms with E-state index in [-0.39, 0.29) is 32.9 Å². The molecule has 9 heteroatoms. The Labute approximate surface area is 164 Å². The van der Waals surface area contributed by atoms with Gasteiger partial charge in [0, 0.05) is 32.6 Å². The Kier molecular flexibility index (Phi) is 9.97. The molecular formula is C19H28N2O7. The third-order valence-electron chi connectivity index (χ3n) is 3.80. The Morgan fingerprint density at radius 3 is 2.29 bits per heavy atom. The summed E-state index contributed by atoms with van der Waals surface area (Å²) in [6.45, 7) is 4.52. The van der Waals surface area contributed by atoms with Crippen LogP contribution >= 0.6 is 0 Å². The number of anilines is 1. The van der Waals surface area contributed by atoms with Gasteiger partial charge < -0.3 is 29.9 Å². The zero-order valence-electron chi connectivity index (χ0n) is 16.4. The summed E-state index contributed by atoms with van der Waals surface area (Å²) in [6, 6.07) is 5.56. The summed E-state index contributed by atoms with van der Waals surface area (Å²) in [5.41, 5.74) is 1.11. The first-order valence-electron chi connectivity index (χ1n) is 9.01. The van der Waals surface area contributed by atoms with E-state index in [0.717, 1.165) is 0 Å². The van der Waals surface area contributed by atoms with Gasteiger partial charge in [-0.05, 0) is 24.6 Å². The molecule has 2 atom stereocenters. The maximum Gasteiger partial charge on any atom is 0.332 e. The van der Waals surface area contributed by atoms with Crippen molar-refractivity contribution in [3.8, 4) is 0 Å². The number of nitrogens with zero attached hydrogens (tertiary/aromatic N) is 1. The van der Waals surface area contributed by atoms with Gasteiger partial charge in [0.2, 0.25) is 5.91 Å². The van der Waals surface area contributed by atoms with E-state index < -0.39 is 30.0 Å². The van der Waals surface area contributed by atoms with Gasteiger partial charge in [0.15, 0.2) is 12.1 Å². The van der Waals surface area contributed by atoms with Gasteiger partial charge in [-0.3, -0.25) is 9.59 Å². The molecule has 156 valence electrons. The molecule has 0 aromatic heterocycles. The summed E-state index contributed by atoms with van der Waals surface area (Å²) in [5.74, 6) is -1.83. The normalized spacial score (nSPS) is 12.6. The minimum atomic E-state index is -1.22. The maximum atomic E-state index is 12.4. The molecule has 0 saturated heterocycles. The van der Waals surface area contributed by atoms with Crippen molar-refractivity contribution in [2.24, 2.45) is 0 Å². The molecule has 0 unspecified atom stereocenters. The number of nitrogens with one attached hydrogen (secondary N) is 1. The van der Waals surface area contributed by atoms with Crippen LogP contribution in [0, 0.1) is 0 Å². The minimum Gasteiger partial charge on any atom is -0.464 e. The van der Waals surface area contributed by atoms with Crippen molar-refractivity contribution in [3.05, 3.63) is 29.8 Å². The van der Waals surface area contributed by atoms with Gasteiger partial charge in [0.25, 0.3) is 0 Å². The zero-order valence-corrected chi connectivity index (χ0v) is 16.4. The molecule has 1 aromatic carbocycles. The number of rotatable bonds is 11. The molecule has 1 rings (SSSR count). The standard InChI is InChI=1S/C19H28N2O7/c1-4-27-19(26)17(20-13(2)24)18(28-14(3)25)15-6-5-7-16(12-15)21(8-10-22)9-11-23/h5-7,12,17-18,22-23H,4,8-11H2,1-3H3,(H,20,24)/t17-,18-/m1/s1. The highest BCUT2D eigenvalue weighted by molar-refractivity contribution is 5.84. The summed E-state index contributed by atoms with van der Waals surface area (Å²) < 4.78 is 10.4. The second kappa shape index (κ2) is 11.9. The van der Waals surface area contributed by atoms with Crippen LogP contribution in [0.25, 0.3) is 0 Å². The largest absolute Gasteiger partial charge is 0.464 e. The fraction of sp³-hybridized carbons (Fsp3) is 0.526. The number of amides is 1. The predicted octanol–water partition coefficient (Wildman–Crippen LogP) is 0.150. The summed E-state index contributed by atoms with van der Waals surface area (Å²) in [4.78, 5) is 37.4. The van der Waals surface area contributed by atoms with Crippen molar-refractivity contribution in [1.29, 1.82) is 0 Å². The topological polar surface area (TPSA) is 125 Å². The smallest absolute Gasteiger partial charge is 0.332 e. The maximum absolute atomic E-state index is 12.4. The summed E-state index contributed by atoms with van der Waals surface area (Å²) >= 11 is 0. The molecule has 3 N–H and O–H groups in total. The third kappa shape index (κ3) is 7.16. The highest BCUT2D eigenvalue weighted by atomic mass is 16.6. The number of ether oxygens (including phenoxy) is 2. The second-order valence-corrected chi connectivity index (χ2v) is 5.99. The van der Waals surface area contributed by atoms with Crippen molar-refractivity contribution in [2.75, 3.05) is 37.8 Å². The van der Waals surface area contributed by atoms with Crippen molar-refractivity contribution >= 4 is 23.5 Å². The lowest BCUT2D eigenvalue weighted by Gasteiger charge is -2.28. The fourth-order valence-corrected chi connectivity index (χ4v) is 2.73. The van der Waals surface area contributed by atoms with Crippen LogP contribution in [0.4, 0.5) is 5.69 Å². The Morgan fingerprint density at radius 2 is 1.79 bits per heavy atom. The average molecular weight is 396 g/mol. The molecule has 0 fully saturated rings. The minimum absolute atomic E-state index is 0.0997. The van der Waals surface area contributed by atoms with Crippen LogP contribution < -0.4 is 10.2 Å². The quantitative estimate of drug-likeness (QED) is 0.452. The van der Waals surface area contributed by atoms with Crippen molar-refractivity contribution in [1.82, 2.24) is 5.32 Å². The van der Waals surface area contributed by atoms with E-state index in [1.807, 2.05) is 0 Å². The summed E-state index contributed by atoms with van der Waals surface area (Å²) in [6.07, 6.45) is -1.11. The van der Waals surface area contributed by atoms with Crippen LogP contribution in [-0.4, -0.2) is 67.0 Å². The van der Waals surface area contributed by atoms with Gasteiger partial charge in [0.05, 0.1) is 19.8 Å². The van der Waals surface area contributed by atoms with Gasteiger partial charge in [-0.15, -0.1) is 0 Å². The van der Waals surface area contributed by atoms with E-state index >= 15 is 0 Å². The van der Waals surface area contributed by atoms with E-state index in [0.29, 0.717) is 11.3 Å². The second-order valence-electron chi connectivity index (χ2n) is 5.99. The molecule has 9 nitrogen and oxygen atoms in total. The highest BCUT2D eigenvalue weighted by Crippen LogP contribution is 2.27. The number of carbonyl (C=O) groups is 3. The first kappa shape index (κ1) is 23.4. The Hall–Kier alpha value is -2.65. The van der Waals surface area contributed by atoms with Gasteiger partial charge in [0.1, 0.15) is 0 Å². The van der Waals surface area contributed by atoms with Crippen LogP contribution in [0.5, 0.6) is 0 Å². The SMILES string of the molecule is CCOC(=O)[C@H](NC(C)=O)[C@H](OC(C)=O)c1cccc(N(CCO)CCO)c1. The van der Waals surface area contributed by atoms with Gasteiger partial charge >= 0.3 is 11.9 Å². The van der Waals surface area contributed by atoms with E-state index in [2.05, 4.69) is 5.32 Å². The Bertz CT molecular complexity index is 659. The monoisotopic (exact) mass is 396 g/mol. The predicted molar refractivity (Wildman–Crippen MR) is 102 cm³/mol. The van der Waals surface area contributed by atoms with Gasteiger partial charge in [-0.2, -0.15) is 0 Å². The van der Waals surface area contributed by atoms with Crippen molar-refractivity contribution < 1.29 is 34.1 Å². The van der Waals surface area contributed by atoms with Gasteiger partial charge in [-0.1, -0.05) is 12.1 Å². The van der Waals surface area contributed by atoms with Crippen LogP contribution in [0.3, 0.4) is 0 Å². The fourth-order valence-electron chi connectivity index (χ4n) is 2.73. The highest BCUT2D eigenvalue weighted by Gasteiger charge is 2.34. The molecule has 1 amide bonds. The van der Waals surface area contributed by atoms with Crippen LogP contribution in [-0.2, 0) is 23.9 Å². The van der Waals surface area contributed by atoms with Crippen LogP contribution in [0.2, 0.25) is 0 Å². The first-order valence-corrected chi connectivity index (χ1v) is 9.01.